The summed E-state index contributed by atoms with van der Waals surface area (Å²) in [5.74, 6) is 3.74. The van der Waals surface area contributed by atoms with Gasteiger partial charge in [0.1, 0.15) is 23.7 Å². The number of nitrogens with one attached hydrogen (secondary N) is 1. The molecular formula is C16H21NO4. The molecule has 0 aliphatic rings. The van der Waals surface area contributed by atoms with E-state index < -0.39 is 11.7 Å². The van der Waals surface area contributed by atoms with E-state index in [0.29, 0.717) is 23.6 Å². The zero-order valence-corrected chi connectivity index (χ0v) is 12.9. The Labute approximate surface area is 125 Å². The van der Waals surface area contributed by atoms with Gasteiger partial charge in [-0.1, -0.05) is 5.92 Å². The molecule has 0 unspecified atom stereocenters. The van der Waals surface area contributed by atoms with Gasteiger partial charge in [-0.2, -0.15) is 0 Å². The Morgan fingerprint density at radius 1 is 1.38 bits per heavy atom. The molecule has 1 N–H and O–H groups in total. The molecule has 0 radical (unpaired) electrons. The first kappa shape index (κ1) is 16.7. The molecule has 0 bridgehead atoms. The van der Waals surface area contributed by atoms with Gasteiger partial charge in [-0.3, -0.25) is 0 Å². The Kier molecular flexibility index (Phi) is 5.92. The summed E-state index contributed by atoms with van der Waals surface area (Å²) < 4.78 is 15.8. The van der Waals surface area contributed by atoms with Crippen LogP contribution < -0.4 is 14.8 Å². The van der Waals surface area contributed by atoms with Crippen LogP contribution >= 0.6 is 0 Å². The van der Waals surface area contributed by atoms with Gasteiger partial charge in [-0.15, -0.1) is 6.42 Å². The Balaban J connectivity index is 2.46. The average Bonchev–Trinajstić information content (AvgIpc) is 2.41. The zero-order chi connectivity index (χ0) is 15.9. The first-order valence-corrected chi connectivity index (χ1v) is 6.60. The number of methoxy groups -OCH3 is 1. The highest BCUT2D eigenvalue weighted by Gasteiger charge is 2.15. The van der Waals surface area contributed by atoms with E-state index in [9.17, 15) is 4.79 Å². The molecule has 0 saturated heterocycles. The van der Waals surface area contributed by atoms with Crippen LogP contribution in [0.4, 0.5) is 4.79 Å². The SMILES string of the molecule is C#Cc1ccc(OC)cc1OCCNC(=O)OC(C)(C)C. The smallest absolute Gasteiger partial charge is 0.407 e. The van der Waals surface area contributed by atoms with Crippen molar-refractivity contribution in [3.63, 3.8) is 0 Å². The van der Waals surface area contributed by atoms with Crippen molar-refractivity contribution in [3.8, 4) is 23.8 Å². The lowest BCUT2D eigenvalue weighted by Crippen LogP contribution is -2.34. The molecule has 0 atom stereocenters. The first-order valence-electron chi connectivity index (χ1n) is 6.60. The summed E-state index contributed by atoms with van der Waals surface area (Å²) in [6, 6.07) is 5.22. The van der Waals surface area contributed by atoms with Crippen LogP contribution in [0.5, 0.6) is 11.5 Å². The third-order valence-electron chi connectivity index (χ3n) is 2.37. The van der Waals surface area contributed by atoms with Crippen molar-refractivity contribution in [2.24, 2.45) is 0 Å². The van der Waals surface area contributed by atoms with Gasteiger partial charge >= 0.3 is 6.09 Å². The van der Waals surface area contributed by atoms with E-state index in [1.165, 1.54) is 0 Å². The van der Waals surface area contributed by atoms with Gasteiger partial charge < -0.3 is 19.5 Å². The van der Waals surface area contributed by atoms with Gasteiger partial charge in [0.25, 0.3) is 0 Å². The molecule has 0 spiro atoms. The Morgan fingerprint density at radius 3 is 2.67 bits per heavy atom. The van der Waals surface area contributed by atoms with E-state index in [0.717, 1.165) is 0 Å². The minimum absolute atomic E-state index is 0.279. The van der Waals surface area contributed by atoms with E-state index in [1.807, 2.05) is 0 Å². The number of hydrogen-bond acceptors (Lipinski definition) is 4. The summed E-state index contributed by atoms with van der Waals surface area (Å²) in [5, 5.41) is 2.61. The number of ether oxygens (including phenoxy) is 3. The quantitative estimate of drug-likeness (QED) is 0.669. The molecule has 5 heteroatoms. The summed E-state index contributed by atoms with van der Waals surface area (Å²) in [6.07, 6.45) is 4.93. The fourth-order valence-electron chi connectivity index (χ4n) is 1.50. The van der Waals surface area contributed by atoms with Gasteiger partial charge in [0.05, 0.1) is 19.2 Å². The van der Waals surface area contributed by atoms with Gasteiger partial charge in [0.2, 0.25) is 0 Å². The summed E-state index contributed by atoms with van der Waals surface area (Å²) in [4.78, 5) is 11.5. The fourth-order valence-corrected chi connectivity index (χ4v) is 1.50. The average molecular weight is 291 g/mol. The van der Waals surface area contributed by atoms with E-state index in [-0.39, 0.29) is 6.61 Å². The van der Waals surface area contributed by atoms with Crippen LogP contribution in [-0.2, 0) is 4.74 Å². The third kappa shape index (κ3) is 6.09. The van der Waals surface area contributed by atoms with Gasteiger partial charge in [-0.25, -0.2) is 4.79 Å². The van der Waals surface area contributed by atoms with Crippen molar-refractivity contribution in [2.75, 3.05) is 20.3 Å². The van der Waals surface area contributed by atoms with Gasteiger partial charge in [0, 0.05) is 6.07 Å². The number of carbonyl (C=O) groups is 1. The standard InChI is InChI=1S/C16H21NO4/c1-6-12-7-8-13(19-5)11-14(12)20-10-9-17-15(18)21-16(2,3)4/h1,7-8,11H,9-10H2,2-5H3,(H,17,18). The highest BCUT2D eigenvalue weighted by molar-refractivity contribution is 5.67. The maximum atomic E-state index is 11.5. The Hall–Kier alpha value is -2.35. The number of rotatable bonds is 5. The van der Waals surface area contributed by atoms with Crippen LogP contribution in [-0.4, -0.2) is 32.0 Å². The highest BCUT2D eigenvalue weighted by atomic mass is 16.6. The summed E-state index contributed by atoms with van der Waals surface area (Å²) in [6.45, 7) is 6.01. The minimum atomic E-state index is -0.519. The zero-order valence-electron chi connectivity index (χ0n) is 12.9. The lowest BCUT2D eigenvalue weighted by Gasteiger charge is -2.19. The van der Waals surface area contributed by atoms with Crippen LogP contribution in [0.3, 0.4) is 0 Å². The first-order chi connectivity index (χ1) is 9.85. The minimum Gasteiger partial charge on any atom is -0.497 e. The number of carbonyl (C=O) groups excluding carboxylic acids is 1. The lowest BCUT2D eigenvalue weighted by atomic mass is 10.2. The number of amides is 1. The molecule has 0 saturated carbocycles. The topological polar surface area (TPSA) is 56.8 Å². The number of hydrogen-bond donors (Lipinski definition) is 1. The van der Waals surface area contributed by atoms with E-state index in [2.05, 4.69) is 11.2 Å². The normalized spacial score (nSPS) is 10.4. The number of alkyl carbamates (subject to hydrolysis) is 1. The summed E-state index contributed by atoms with van der Waals surface area (Å²) in [5.41, 5.74) is 0.113. The lowest BCUT2D eigenvalue weighted by molar-refractivity contribution is 0.0520. The molecule has 1 aromatic carbocycles. The highest BCUT2D eigenvalue weighted by Crippen LogP contribution is 2.23. The van der Waals surface area contributed by atoms with Crippen LogP contribution in [0.15, 0.2) is 18.2 Å². The van der Waals surface area contributed by atoms with E-state index in [1.54, 1.807) is 46.1 Å². The van der Waals surface area contributed by atoms with Crippen molar-refractivity contribution in [3.05, 3.63) is 23.8 Å². The number of terminal acetylenes is 1. The molecule has 1 rings (SSSR count). The van der Waals surface area contributed by atoms with Crippen molar-refractivity contribution >= 4 is 6.09 Å². The van der Waals surface area contributed by atoms with Crippen LogP contribution in [0.2, 0.25) is 0 Å². The molecule has 0 aliphatic carbocycles. The summed E-state index contributed by atoms with van der Waals surface area (Å²) in [7, 11) is 1.57. The molecular weight excluding hydrogens is 270 g/mol. The van der Waals surface area contributed by atoms with Crippen LogP contribution in [0.25, 0.3) is 0 Å². The van der Waals surface area contributed by atoms with Crippen LogP contribution in [0.1, 0.15) is 26.3 Å². The van der Waals surface area contributed by atoms with Gasteiger partial charge in [-0.05, 0) is 32.9 Å². The third-order valence-corrected chi connectivity index (χ3v) is 2.37. The predicted molar refractivity (Wildman–Crippen MR) is 80.7 cm³/mol. The predicted octanol–water partition coefficient (Wildman–Crippen LogP) is 2.58. The molecule has 1 aromatic rings. The van der Waals surface area contributed by atoms with Crippen molar-refractivity contribution in [2.45, 2.75) is 26.4 Å². The molecule has 0 aliphatic heterocycles. The maximum absolute atomic E-state index is 11.5. The van der Waals surface area contributed by atoms with E-state index in [4.69, 9.17) is 20.6 Å². The molecule has 1 amide bonds. The molecule has 21 heavy (non-hydrogen) atoms. The van der Waals surface area contributed by atoms with Crippen molar-refractivity contribution in [1.29, 1.82) is 0 Å². The van der Waals surface area contributed by atoms with Crippen molar-refractivity contribution < 1.29 is 19.0 Å². The molecule has 5 nitrogen and oxygen atoms in total. The molecule has 0 heterocycles. The second-order valence-electron chi connectivity index (χ2n) is 5.28. The Bertz CT molecular complexity index is 526. The van der Waals surface area contributed by atoms with Gasteiger partial charge in [0.15, 0.2) is 0 Å². The largest absolute Gasteiger partial charge is 0.497 e. The van der Waals surface area contributed by atoms with Crippen molar-refractivity contribution in [1.82, 2.24) is 5.32 Å². The van der Waals surface area contributed by atoms with Crippen LogP contribution in [0, 0.1) is 12.3 Å². The fraction of sp³-hybridized carbons (Fsp3) is 0.438. The molecule has 0 aromatic heterocycles. The Morgan fingerprint density at radius 2 is 2.10 bits per heavy atom. The number of benzene rings is 1. The second-order valence-corrected chi connectivity index (χ2v) is 5.28. The maximum Gasteiger partial charge on any atom is 0.407 e. The molecule has 0 fully saturated rings. The summed E-state index contributed by atoms with van der Waals surface area (Å²) >= 11 is 0. The molecule has 114 valence electrons. The monoisotopic (exact) mass is 291 g/mol. The second kappa shape index (κ2) is 7.44. The van der Waals surface area contributed by atoms with E-state index >= 15 is 0 Å².